The number of rotatable bonds is 4. The Balaban J connectivity index is 1.62. The second-order valence-corrected chi connectivity index (χ2v) is 10.2. The summed E-state index contributed by atoms with van der Waals surface area (Å²) in [5.74, 6) is -1.36. The summed E-state index contributed by atoms with van der Waals surface area (Å²) in [6, 6.07) is 12.9. The SMILES string of the molecule is CNC(=O)c1ccc(N2C(=O)C(=C3SC(=S)N(c4ccc(C(=O)NC)cc4)C3=O)SC2=S)cc1. The highest BCUT2D eigenvalue weighted by atomic mass is 32.2. The summed E-state index contributed by atoms with van der Waals surface area (Å²) >= 11 is 12.9. The van der Waals surface area contributed by atoms with Crippen LogP contribution in [0, 0.1) is 0 Å². The number of nitrogens with one attached hydrogen (secondary N) is 2. The molecule has 34 heavy (non-hydrogen) atoms. The second-order valence-electron chi connectivity index (χ2n) is 6.93. The van der Waals surface area contributed by atoms with E-state index >= 15 is 0 Å². The number of hydrogen-bond acceptors (Lipinski definition) is 8. The molecule has 2 fully saturated rings. The summed E-state index contributed by atoms with van der Waals surface area (Å²) in [4.78, 5) is 53.1. The lowest BCUT2D eigenvalue weighted by atomic mass is 10.2. The largest absolute Gasteiger partial charge is 0.355 e. The van der Waals surface area contributed by atoms with Crippen molar-refractivity contribution in [1.82, 2.24) is 10.6 Å². The van der Waals surface area contributed by atoms with Crippen LogP contribution in [0.3, 0.4) is 0 Å². The van der Waals surface area contributed by atoms with Crippen molar-refractivity contribution in [2.24, 2.45) is 0 Å². The maximum atomic E-state index is 13.2. The molecule has 0 spiro atoms. The van der Waals surface area contributed by atoms with Crippen molar-refractivity contribution in [3.05, 3.63) is 69.5 Å². The number of carbonyl (C=O) groups is 4. The Hall–Kier alpha value is -3.06. The van der Waals surface area contributed by atoms with E-state index in [9.17, 15) is 19.2 Å². The van der Waals surface area contributed by atoms with Gasteiger partial charge in [-0.1, -0.05) is 48.0 Å². The van der Waals surface area contributed by atoms with Crippen LogP contribution in [0.4, 0.5) is 11.4 Å². The van der Waals surface area contributed by atoms with E-state index in [0.717, 1.165) is 23.5 Å². The molecule has 0 bridgehead atoms. The topological polar surface area (TPSA) is 98.8 Å². The third-order valence-electron chi connectivity index (χ3n) is 4.97. The maximum absolute atomic E-state index is 13.2. The van der Waals surface area contributed by atoms with E-state index in [-0.39, 0.29) is 30.3 Å². The van der Waals surface area contributed by atoms with E-state index in [2.05, 4.69) is 10.6 Å². The normalized spacial score (nSPS) is 18.1. The zero-order valence-corrected chi connectivity index (χ0v) is 21.0. The van der Waals surface area contributed by atoms with E-state index in [4.69, 9.17) is 24.4 Å². The molecule has 0 radical (unpaired) electrons. The zero-order valence-electron chi connectivity index (χ0n) is 17.8. The lowest BCUT2D eigenvalue weighted by Gasteiger charge is -2.15. The molecular weight excluding hydrogens is 513 g/mol. The molecule has 0 aliphatic carbocycles. The summed E-state index contributed by atoms with van der Waals surface area (Å²) in [6.07, 6.45) is 0. The van der Waals surface area contributed by atoms with E-state index in [0.29, 0.717) is 22.5 Å². The molecular formula is C22H16N4O4S4. The van der Waals surface area contributed by atoms with Crippen molar-refractivity contribution >= 4 is 91.6 Å². The molecule has 0 saturated carbocycles. The minimum Gasteiger partial charge on any atom is -0.355 e. The van der Waals surface area contributed by atoms with Gasteiger partial charge in [0.1, 0.15) is 0 Å². The quantitative estimate of drug-likeness (QED) is 0.462. The molecule has 4 amide bonds. The van der Waals surface area contributed by atoms with Gasteiger partial charge in [0.15, 0.2) is 8.64 Å². The number of hydrogen-bond donors (Lipinski definition) is 2. The average molecular weight is 529 g/mol. The van der Waals surface area contributed by atoms with Gasteiger partial charge in [-0.2, -0.15) is 0 Å². The summed E-state index contributed by atoms with van der Waals surface area (Å²) in [6.45, 7) is 0. The molecule has 0 unspecified atom stereocenters. The van der Waals surface area contributed by atoms with Crippen LogP contribution in [0.15, 0.2) is 58.3 Å². The lowest BCUT2D eigenvalue weighted by Crippen LogP contribution is -2.29. The highest BCUT2D eigenvalue weighted by Gasteiger charge is 2.43. The van der Waals surface area contributed by atoms with E-state index in [1.165, 1.54) is 23.9 Å². The Morgan fingerprint density at radius 1 is 0.676 bits per heavy atom. The van der Waals surface area contributed by atoms with Gasteiger partial charge in [-0.05, 0) is 48.5 Å². The Bertz CT molecular complexity index is 1190. The smallest absolute Gasteiger partial charge is 0.272 e. The molecule has 2 aliphatic rings. The Kier molecular flexibility index (Phi) is 6.84. The molecule has 12 heteroatoms. The van der Waals surface area contributed by atoms with Crippen LogP contribution in [0.5, 0.6) is 0 Å². The third-order valence-corrected chi connectivity index (χ3v) is 7.85. The van der Waals surface area contributed by atoms with E-state index in [1.54, 1.807) is 48.5 Å². The fraction of sp³-hybridized carbons (Fsp3) is 0.0909. The molecule has 172 valence electrons. The highest BCUT2D eigenvalue weighted by Crippen LogP contribution is 2.44. The highest BCUT2D eigenvalue weighted by molar-refractivity contribution is 8.30. The first-order chi connectivity index (χ1) is 16.3. The standard InChI is InChI=1S/C22H16N4O4S4/c1-23-17(27)11-3-7-13(8-4-11)25-19(29)15(33-21(25)31)16-20(30)26(22(32)34-16)14-9-5-12(6-10-14)18(28)24-2/h3-10H,1-2H3,(H,23,27)(H,24,28). The number of thioether (sulfide) groups is 2. The molecule has 8 nitrogen and oxygen atoms in total. The fourth-order valence-electron chi connectivity index (χ4n) is 3.27. The van der Waals surface area contributed by atoms with Crippen LogP contribution in [0.25, 0.3) is 0 Å². The molecule has 0 aromatic heterocycles. The lowest BCUT2D eigenvalue weighted by molar-refractivity contribution is -0.115. The zero-order chi connectivity index (χ0) is 24.6. The third kappa shape index (κ3) is 4.25. The van der Waals surface area contributed by atoms with Crippen LogP contribution < -0.4 is 20.4 Å². The summed E-state index contributed by atoms with van der Waals surface area (Å²) in [5, 5.41) is 5.07. The predicted octanol–water partition coefficient (Wildman–Crippen LogP) is 3.05. The number of carbonyl (C=O) groups excluding carboxylic acids is 4. The molecule has 2 saturated heterocycles. The summed E-state index contributed by atoms with van der Waals surface area (Å²) < 4.78 is 0.542. The minimum atomic E-state index is -0.432. The van der Waals surface area contributed by atoms with Gasteiger partial charge in [0, 0.05) is 25.2 Å². The van der Waals surface area contributed by atoms with Gasteiger partial charge < -0.3 is 10.6 Å². The van der Waals surface area contributed by atoms with Crippen LogP contribution in [-0.2, 0) is 9.59 Å². The second kappa shape index (κ2) is 9.66. The monoisotopic (exact) mass is 528 g/mol. The first kappa shape index (κ1) is 24.1. The first-order valence-corrected chi connectivity index (χ1v) is 12.2. The summed E-state index contributed by atoms with van der Waals surface area (Å²) in [7, 11) is 3.06. The van der Waals surface area contributed by atoms with Gasteiger partial charge in [-0.25, -0.2) is 0 Å². The number of amides is 4. The maximum Gasteiger partial charge on any atom is 0.272 e. The molecule has 2 aliphatic heterocycles. The van der Waals surface area contributed by atoms with E-state index in [1.807, 2.05) is 0 Å². The molecule has 4 rings (SSSR count). The first-order valence-electron chi connectivity index (χ1n) is 9.78. The van der Waals surface area contributed by atoms with Crippen LogP contribution in [-0.4, -0.2) is 46.4 Å². The number of benzene rings is 2. The molecule has 2 aromatic carbocycles. The number of thiocarbonyl (C=S) groups is 2. The van der Waals surface area contributed by atoms with Gasteiger partial charge >= 0.3 is 0 Å². The Morgan fingerprint density at radius 3 is 1.29 bits per heavy atom. The molecule has 0 atom stereocenters. The average Bonchev–Trinajstić information content (AvgIpc) is 3.31. The van der Waals surface area contributed by atoms with Gasteiger partial charge in [0.25, 0.3) is 23.6 Å². The number of nitrogens with zero attached hydrogens (tertiary/aromatic N) is 2. The van der Waals surface area contributed by atoms with Crippen LogP contribution in [0.2, 0.25) is 0 Å². The van der Waals surface area contributed by atoms with Crippen molar-refractivity contribution in [2.45, 2.75) is 0 Å². The van der Waals surface area contributed by atoms with Crippen LogP contribution >= 0.6 is 48.0 Å². The van der Waals surface area contributed by atoms with Crippen molar-refractivity contribution in [3.8, 4) is 0 Å². The summed E-state index contributed by atoms with van der Waals surface area (Å²) in [5.41, 5.74) is 1.87. The van der Waals surface area contributed by atoms with Gasteiger partial charge in [0.05, 0.1) is 21.2 Å². The number of anilines is 2. The Morgan fingerprint density at radius 2 is 1.00 bits per heavy atom. The van der Waals surface area contributed by atoms with Crippen LogP contribution in [0.1, 0.15) is 20.7 Å². The van der Waals surface area contributed by atoms with Gasteiger partial charge in [0.2, 0.25) is 0 Å². The van der Waals surface area contributed by atoms with Crippen molar-refractivity contribution in [3.63, 3.8) is 0 Å². The molecule has 2 aromatic rings. The predicted molar refractivity (Wildman–Crippen MR) is 142 cm³/mol. The molecule has 2 heterocycles. The van der Waals surface area contributed by atoms with E-state index < -0.39 is 11.8 Å². The van der Waals surface area contributed by atoms with Crippen molar-refractivity contribution < 1.29 is 19.2 Å². The fourth-order valence-corrected chi connectivity index (χ4v) is 6.02. The van der Waals surface area contributed by atoms with Crippen molar-refractivity contribution in [1.29, 1.82) is 0 Å². The minimum absolute atomic E-state index is 0.196. The Labute approximate surface area is 214 Å². The van der Waals surface area contributed by atoms with Crippen molar-refractivity contribution in [2.75, 3.05) is 23.9 Å². The molecule has 2 N–H and O–H groups in total. The van der Waals surface area contributed by atoms with Gasteiger partial charge in [-0.15, -0.1) is 0 Å². The van der Waals surface area contributed by atoms with Gasteiger partial charge in [-0.3, -0.25) is 29.0 Å².